The van der Waals surface area contributed by atoms with Crippen LogP contribution < -0.4 is 0 Å². The minimum absolute atomic E-state index is 0.0154. The van der Waals surface area contributed by atoms with Gasteiger partial charge in [-0.3, -0.25) is 4.79 Å². The van der Waals surface area contributed by atoms with Crippen molar-refractivity contribution in [1.82, 2.24) is 4.57 Å². The summed E-state index contributed by atoms with van der Waals surface area (Å²) in [5.41, 5.74) is 1.29. The maximum atomic E-state index is 11.7. The number of methoxy groups -OCH3 is 1. The van der Waals surface area contributed by atoms with Gasteiger partial charge in [0.2, 0.25) is 0 Å². The smallest absolute Gasteiger partial charge is 0.313 e. The molecule has 0 aliphatic rings. The molecule has 0 atom stereocenters. The summed E-state index contributed by atoms with van der Waals surface area (Å²) in [6, 6.07) is 7.83. The van der Waals surface area contributed by atoms with Crippen LogP contribution in [0.5, 0.6) is 0 Å². The fourth-order valence-electron chi connectivity index (χ4n) is 2.23. The van der Waals surface area contributed by atoms with Gasteiger partial charge in [-0.1, -0.05) is 12.1 Å². The van der Waals surface area contributed by atoms with Gasteiger partial charge in [0.15, 0.2) is 0 Å². The standard InChI is InChI=1S/C15H19NO3/c1-15(2,14(18)19-3)10-16-7-6-12-5-4-11(9-17)8-13(12)16/h4-8,17H,9-10H2,1-3H3. The average Bonchev–Trinajstić information content (AvgIpc) is 2.79. The van der Waals surface area contributed by atoms with Gasteiger partial charge in [0.05, 0.1) is 19.1 Å². The summed E-state index contributed by atoms with van der Waals surface area (Å²) in [5, 5.41) is 10.3. The quantitative estimate of drug-likeness (QED) is 0.859. The molecule has 0 bridgehead atoms. The molecular weight excluding hydrogens is 242 g/mol. The lowest BCUT2D eigenvalue weighted by atomic mass is 9.93. The van der Waals surface area contributed by atoms with Crippen LogP contribution in [0, 0.1) is 5.41 Å². The summed E-state index contributed by atoms with van der Waals surface area (Å²) in [6.45, 7) is 4.28. The number of benzene rings is 1. The van der Waals surface area contributed by atoms with Crippen LogP contribution in [0.1, 0.15) is 19.4 Å². The van der Waals surface area contributed by atoms with E-state index in [9.17, 15) is 9.90 Å². The topological polar surface area (TPSA) is 51.5 Å². The second kappa shape index (κ2) is 5.05. The molecule has 0 radical (unpaired) electrons. The van der Waals surface area contributed by atoms with E-state index in [4.69, 9.17) is 4.74 Å². The first kappa shape index (κ1) is 13.6. The summed E-state index contributed by atoms with van der Waals surface area (Å²) in [5.74, 6) is -0.229. The Morgan fingerprint density at radius 2 is 2.11 bits per heavy atom. The highest BCUT2D eigenvalue weighted by molar-refractivity contribution is 5.81. The van der Waals surface area contributed by atoms with Crippen molar-refractivity contribution in [3.8, 4) is 0 Å². The van der Waals surface area contributed by atoms with E-state index in [1.165, 1.54) is 7.11 Å². The van der Waals surface area contributed by atoms with Crippen molar-refractivity contribution in [1.29, 1.82) is 0 Å². The highest BCUT2D eigenvalue weighted by Crippen LogP contribution is 2.25. The third-order valence-electron chi connectivity index (χ3n) is 3.32. The Morgan fingerprint density at radius 1 is 1.37 bits per heavy atom. The molecule has 0 spiro atoms. The molecule has 0 aliphatic heterocycles. The van der Waals surface area contributed by atoms with E-state index in [2.05, 4.69) is 0 Å². The van der Waals surface area contributed by atoms with Crippen molar-refractivity contribution < 1.29 is 14.6 Å². The largest absolute Gasteiger partial charge is 0.469 e. The Bertz CT molecular complexity index is 598. The van der Waals surface area contributed by atoms with Gasteiger partial charge < -0.3 is 14.4 Å². The Kier molecular flexibility index (Phi) is 3.62. The first-order valence-corrected chi connectivity index (χ1v) is 6.25. The number of aromatic nitrogens is 1. The van der Waals surface area contributed by atoms with Gasteiger partial charge in [-0.2, -0.15) is 0 Å². The number of hydrogen-bond acceptors (Lipinski definition) is 3. The molecule has 2 rings (SSSR count). The Hall–Kier alpha value is -1.81. The molecule has 0 aliphatic carbocycles. The Balaban J connectivity index is 2.38. The summed E-state index contributed by atoms with van der Waals surface area (Å²) in [4.78, 5) is 11.7. The van der Waals surface area contributed by atoms with Crippen molar-refractivity contribution in [2.24, 2.45) is 5.41 Å². The van der Waals surface area contributed by atoms with E-state index in [1.807, 2.05) is 48.9 Å². The lowest BCUT2D eigenvalue weighted by Gasteiger charge is -2.22. The molecule has 1 N–H and O–H groups in total. The van der Waals surface area contributed by atoms with E-state index in [0.29, 0.717) is 6.54 Å². The van der Waals surface area contributed by atoms with Crippen molar-refractivity contribution in [3.63, 3.8) is 0 Å². The Labute approximate surface area is 112 Å². The van der Waals surface area contributed by atoms with Crippen molar-refractivity contribution in [2.75, 3.05) is 7.11 Å². The molecule has 19 heavy (non-hydrogen) atoms. The van der Waals surface area contributed by atoms with E-state index < -0.39 is 5.41 Å². The monoisotopic (exact) mass is 261 g/mol. The van der Waals surface area contributed by atoms with Crippen molar-refractivity contribution in [3.05, 3.63) is 36.0 Å². The first-order chi connectivity index (χ1) is 8.97. The van der Waals surface area contributed by atoms with Gasteiger partial charge in [-0.15, -0.1) is 0 Å². The molecule has 0 amide bonds. The zero-order valence-corrected chi connectivity index (χ0v) is 11.5. The maximum Gasteiger partial charge on any atom is 0.313 e. The van der Waals surface area contributed by atoms with Crippen molar-refractivity contribution >= 4 is 16.9 Å². The number of esters is 1. The molecule has 0 saturated carbocycles. The average molecular weight is 261 g/mol. The number of carbonyl (C=O) groups excluding carboxylic acids is 1. The number of rotatable bonds is 4. The first-order valence-electron chi connectivity index (χ1n) is 6.25. The number of aliphatic hydroxyl groups excluding tert-OH is 1. The number of hydrogen-bond donors (Lipinski definition) is 1. The second-order valence-corrected chi connectivity index (χ2v) is 5.37. The molecule has 4 nitrogen and oxygen atoms in total. The molecule has 1 heterocycles. The molecule has 1 aromatic heterocycles. The van der Waals surface area contributed by atoms with Crippen LogP contribution in [0.4, 0.5) is 0 Å². The predicted molar refractivity (Wildman–Crippen MR) is 73.7 cm³/mol. The SMILES string of the molecule is COC(=O)C(C)(C)Cn1ccc2ccc(CO)cc21. The van der Waals surface area contributed by atoms with E-state index >= 15 is 0 Å². The normalized spacial score (nSPS) is 11.8. The number of nitrogens with zero attached hydrogens (tertiary/aromatic N) is 1. The molecule has 2 aromatic rings. The third kappa shape index (κ3) is 2.63. The minimum Gasteiger partial charge on any atom is -0.469 e. The lowest BCUT2D eigenvalue weighted by Crippen LogP contribution is -2.30. The summed E-state index contributed by atoms with van der Waals surface area (Å²) >= 11 is 0. The van der Waals surface area contributed by atoms with Gasteiger partial charge >= 0.3 is 5.97 Å². The van der Waals surface area contributed by atoms with Crippen LogP contribution in [0.25, 0.3) is 10.9 Å². The van der Waals surface area contributed by atoms with Gasteiger partial charge in [0, 0.05) is 18.3 Å². The van der Waals surface area contributed by atoms with Gasteiger partial charge in [-0.05, 0) is 36.9 Å². The molecular formula is C15H19NO3. The molecule has 0 saturated heterocycles. The van der Waals surface area contributed by atoms with Gasteiger partial charge in [0.1, 0.15) is 0 Å². The van der Waals surface area contributed by atoms with Crippen LogP contribution in [0.15, 0.2) is 30.5 Å². The van der Waals surface area contributed by atoms with Gasteiger partial charge in [-0.25, -0.2) is 0 Å². The molecule has 1 aromatic carbocycles. The third-order valence-corrected chi connectivity index (χ3v) is 3.32. The van der Waals surface area contributed by atoms with Crippen LogP contribution in [0.2, 0.25) is 0 Å². The van der Waals surface area contributed by atoms with Crippen LogP contribution in [-0.4, -0.2) is 22.8 Å². The fourth-order valence-corrected chi connectivity index (χ4v) is 2.23. The molecule has 0 fully saturated rings. The van der Waals surface area contributed by atoms with E-state index in [0.717, 1.165) is 16.5 Å². The lowest BCUT2D eigenvalue weighted by molar-refractivity contribution is -0.151. The number of ether oxygens (including phenoxy) is 1. The van der Waals surface area contributed by atoms with Crippen LogP contribution >= 0.6 is 0 Å². The highest BCUT2D eigenvalue weighted by Gasteiger charge is 2.29. The summed E-state index contributed by atoms with van der Waals surface area (Å²) in [7, 11) is 1.40. The zero-order chi connectivity index (χ0) is 14.0. The van der Waals surface area contributed by atoms with Crippen LogP contribution in [0.3, 0.4) is 0 Å². The number of carbonyl (C=O) groups is 1. The maximum absolute atomic E-state index is 11.7. The summed E-state index contributed by atoms with van der Waals surface area (Å²) < 4.78 is 6.85. The molecule has 102 valence electrons. The zero-order valence-electron chi connectivity index (χ0n) is 11.5. The number of aliphatic hydroxyl groups is 1. The number of fused-ring (bicyclic) bond motifs is 1. The minimum atomic E-state index is -0.587. The van der Waals surface area contributed by atoms with E-state index in [1.54, 1.807) is 0 Å². The molecule has 4 heteroatoms. The fraction of sp³-hybridized carbons (Fsp3) is 0.400. The highest BCUT2D eigenvalue weighted by atomic mass is 16.5. The second-order valence-electron chi connectivity index (χ2n) is 5.37. The summed E-state index contributed by atoms with van der Waals surface area (Å²) in [6.07, 6.45) is 1.95. The van der Waals surface area contributed by atoms with Crippen molar-refractivity contribution in [2.45, 2.75) is 27.0 Å². The van der Waals surface area contributed by atoms with Crippen LogP contribution in [-0.2, 0) is 22.7 Å². The van der Waals surface area contributed by atoms with Gasteiger partial charge in [0.25, 0.3) is 0 Å². The molecule has 0 unspecified atom stereocenters. The van der Waals surface area contributed by atoms with E-state index in [-0.39, 0.29) is 12.6 Å². The predicted octanol–water partition coefficient (Wildman–Crippen LogP) is 2.33. The Morgan fingerprint density at radius 3 is 2.74 bits per heavy atom.